The molecule has 1 aromatic heterocycles. The van der Waals surface area contributed by atoms with Gasteiger partial charge in [-0.1, -0.05) is 60.4 Å². The maximum atomic E-state index is 6.21. The zero-order valence-corrected chi connectivity index (χ0v) is 16.5. The molecule has 1 unspecified atom stereocenters. The molecule has 130 valence electrons. The van der Waals surface area contributed by atoms with Crippen LogP contribution in [0.2, 0.25) is 0 Å². The normalized spacial score (nSPS) is 15.8. The Morgan fingerprint density at radius 2 is 1.77 bits per heavy atom. The van der Waals surface area contributed by atoms with Crippen molar-refractivity contribution in [3.05, 3.63) is 81.1 Å². The van der Waals surface area contributed by atoms with E-state index in [1.807, 2.05) is 48.5 Å². The van der Waals surface area contributed by atoms with Crippen LogP contribution in [-0.4, -0.2) is 6.61 Å². The number of hydrogen-bond donors (Lipinski definition) is 0. The van der Waals surface area contributed by atoms with Crippen LogP contribution >= 0.6 is 22.6 Å². The predicted octanol–water partition coefficient (Wildman–Crippen LogP) is 6.00. The lowest BCUT2D eigenvalue weighted by Crippen LogP contribution is -2.12. The minimum atomic E-state index is 0.0666. The molecule has 0 fully saturated rings. The highest BCUT2D eigenvalue weighted by molar-refractivity contribution is 14.1. The van der Waals surface area contributed by atoms with E-state index in [4.69, 9.17) is 9.15 Å². The number of ether oxygens (including phenoxy) is 1. The molecule has 2 nitrogen and oxygen atoms in total. The van der Waals surface area contributed by atoms with E-state index in [-0.39, 0.29) is 6.10 Å². The lowest BCUT2D eigenvalue weighted by molar-refractivity contribution is 0.0619. The van der Waals surface area contributed by atoms with Crippen molar-refractivity contribution in [2.24, 2.45) is 0 Å². The third kappa shape index (κ3) is 3.72. The fourth-order valence-electron chi connectivity index (χ4n) is 3.31. The van der Waals surface area contributed by atoms with E-state index >= 15 is 0 Å². The van der Waals surface area contributed by atoms with Crippen LogP contribution in [-0.2, 0) is 11.2 Å². The average Bonchev–Trinajstić information content (AvgIpc) is 3.04. The van der Waals surface area contributed by atoms with Crippen LogP contribution in [0.1, 0.15) is 35.8 Å². The summed E-state index contributed by atoms with van der Waals surface area (Å²) < 4.78 is 13.5. The van der Waals surface area contributed by atoms with Crippen molar-refractivity contribution in [3.8, 4) is 23.2 Å². The number of hydrogen-bond acceptors (Lipinski definition) is 2. The second-order valence-electron chi connectivity index (χ2n) is 6.31. The van der Waals surface area contributed by atoms with Gasteiger partial charge in [0, 0.05) is 23.1 Å². The Morgan fingerprint density at radius 1 is 1.04 bits per heavy atom. The average molecular weight is 454 g/mol. The van der Waals surface area contributed by atoms with Gasteiger partial charge in [0.2, 0.25) is 0 Å². The highest BCUT2D eigenvalue weighted by Crippen LogP contribution is 2.42. The topological polar surface area (TPSA) is 22.4 Å². The molecule has 1 heterocycles. The van der Waals surface area contributed by atoms with E-state index in [1.54, 1.807) is 0 Å². The zero-order chi connectivity index (χ0) is 17.8. The fraction of sp³-hybridized carbons (Fsp3) is 0.217. The molecular formula is C23H19IO2. The summed E-state index contributed by atoms with van der Waals surface area (Å²) in [6, 6.07) is 20.3. The van der Waals surface area contributed by atoms with Gasteiger partial charge in [-0.05, 0) is 47.6 Å². The van der Waals surface area contributed by atoms with Crippen molar-refractivity contribution in [1.82, 2.24) is 0 Å². The highest BCUT2D eigenvalue weighted by Gasteiger charge is 2.29. The number of halogens is 1. The summed E-state index contributed by atoms with van der Waals surface area (Å²) in [6.45, 7) is 0.431. The van der Waals surface area contributed by atoms with Crippen LogP contribution in [0.5, 0.6) is 0 Å². The molecule has 3 heteroatoms. The molecule has 26 heavy (non-hydrogen) atoms. The maximum Gasteiger partial charge on any atom is 0.147 e. The molecule has 0 radical (unpaired) electrons. The van der Waals surface area contributed by atoms with E-state index in [0.717, 1.165) is 41.9 Å². The summed E-state index contributed by atoms with van der Waals surface area (Å²) in [4.78, 5) is 0. The van der Waals surface area contributed by atoms with Crippen LogP contribution in [0, 0.1) is 15.4 Å². The van der Waals surface area contributed by atoms with E-state index in [1.165, 1.54) is 9.13 Å². The third-order valence-corrected chi connectivity index (χ3v) is 5.62. The standard InChI is InChI=1S/C23H19IO2/c24-22-21-19(25-16-8-11-17-9-3-1-4-10-17)14-7-15-20(21)26-23(22)18-12-5-2-6-13-18/h1-6,9-10,12-13,19H,7,14-16H2. The van der Waals surface area contributed by atoms with Crippen LogP contribution in [0.15, 0.2) is 65.1 Å². The SMILES string of the molecule is Ic1c(-c2ccccc2)oc2c1C(OCC#Cc1ccccc1)CCC2. The molecule has 0 saturated heterocycles. The summed E-state index contributed by atoms with van der Waals surface area (Å²) >= 11 is 2.40. The molecule has 1 atom stereocenters. The molecule has 0 aliphatic heterocycles. The van der Waals surface area contributed by atoms with Crippen LogP contribution in [0.25, 0.3) is 11.3 Å². The molecule has 3 aromatic rings. The Kier molecular flexibility index (Phi) is 5.42. The van der Waals surface area contributed by atoms with Gasteiger partial charge in [-0.15, -0.1) is 0 Å². The molecular weight excluding hydrogens is 435 g/mol. The third-order valence-electron chi connectivity index (χ3n) is 4.55. The molecule has 1 aliphatic carbocycles. The molecule has 1 aliphatic rings. The van der Waals surface area contributed by atoms with Gasteiger partial charge in [-0.25, -0.2) is 0 Å². The number of furan rings is 1. The Labute approximate surface area is 167 Å². The van der Waals surface area contributed by atoms with Crippen LogP contribution < -0.4 is 0 Å². The van der Waals surface area contributed by atoms with Gasteiger partial charge in [0.05, 0.1) is 9.67 Å². The van der Waals surface area contributed by atoms with E-state index in [2.05, 4.69) is 46.6 Å². The molecule has 2 aromatic carbocycles. The highest BCUT2D eigenvalue weighted by atomic mass is 127. The Bertz CT molecular complexity index is 933. The van der Waals surface area contributed by atoms with Gasteiger partial charge < -0.3 is 9.15 Å². The Hall–Kier alpha value is -2.03. The lowest BCUT2D eigenvalue weighted by Gasteiger charge is -2.21. The monoisotopic (exact) mass is 454 g/mol. The fourth-order valence-corrected chi connectivity index (χ4v) is 4.38. The van der Waals surface area contributed by atoms with Crippen molar-refractivity contribution >= 4 is 22.6 Å². The van der Waals surface area contributed by atoms with Gasteiger partial charge in [0.15, 0.2) is 0 Å². The first-order valence-corrected chi connectivity index (χ1v) is 9.93. The first kappa shape index (κ1) is 17.4. The van der Waals surface area contributed by atoms with Gasteiger partial charge >= 0.3 is 0 Å². The summed E-state index contributed by atoms with van der Waals surface area (Å²) in [5.41, 5.74) is 3.36. The second kappa shape index (κ2) is 8.11. The summed E-state index contributed by atoms with van der Waals surface area (Å²) in [5.74, 6) is 8.32. The van der Waals surface area contributed by atoms with Gasteiger partial charge in [-0.3, -0.25) is 0 Å². The minimum absolute atomic E-state index is 0.0666. The maximum absolute atomic E-state index is 6.21. The van der Waals surface area contributed by atoms with Crippen LogP contribution in [0.3, 0.4) is 0 Å². The Balaban J connectivity index is 1.52. The van der Waals surface area contributed by atoms with Gasteiger partial charge in [-0.2, -0.15) is 0 Å². The molecule has 0 bridgehead atoms. The van der Waals surface area contributed by atoms with Gasteiger partial charge in [0.25, 0.3) is 0 Å². The quantitative estimate of drug-likeness (QED) is 0.358. The number of benzene rings is 2. The molecule has 0 spiro atoms. The van der Waals surface area contributed by atoms with E-state index < -0.39 is 0 Å². The number of fused-ring (bicyclic) bond motifs is 1. The molecule has 0 amide bonds. The number of aryl methyl sites for hydroxylation is 1. The van der Waals surface area contributed by atoms with Crippen molar-refractivity contribution in [2.45, 2.75) is 25.4 Å². The largest absolute Gasteiger partial charge is 0.460 e. The van der Waals surface area contributed by atoms with Crippen molar-refractivity contribution in [2.75, 3.05) is 6.61 Å². The second-order valence-corrected chi connectivity index (χ2v) is 7.39. The molecule has 0 saturated carbocycles. The lowest BCUT2D eigenvalue weighted by atomic mass is 9.95. The summed E-state index contributed by atoms with van der Waals surface area (Å²) in [5, 5.41) is 0. The van der Waals surface area contributed by atoms with Gasteiger partial charge in [0.1, 0.15) is 18.1 Å². The van der Waals surface area contributed by atoms with Crippen molar-refractivity contribution in [3.63, 3.8) is 0 Å². The summed E-state index contributed by atoms with van der Waals surface area (Å²) in [6.07, 6.45) is 3.15. The molecule has 0 N–H and O–H groups in total. The van der Waals surface area contributed by atoms with E-state index in [0.29, 0.717) is 6.61 Å². The predicted molar refractivity (Wildman–Crippen MR) is 112 cm³/mol. The number of rotatable bonds is 3. The first-order chi connectivity index (χ1) is 12.8. The van der Waals surface area contributed by atoms with Crippen molar-refractivity contribution in [1.29, 1.82) is 0 Å². The zero-order valence-electron chi connectivity index (χ0n) is 14.4. The summed E-state index contributed by atoms with van der Waals surface area (Å²) in [7, 11) is 0. The Morgan fingerprint density at radius 3 is 2.54 bits per heavy atom. The van der Waals surface area contributed by atoms with E-state index in [9.17, 15) is 0 Å². The smallest absolute Gasteiger partial charge is 0.147 e. The first-order valence-electron chi connectivity index (χ1n) is 8.85. The van der Waals surface area contributed by atoms with Crippen LogP contribution in [0.4, 0.5) is 0 Å². The minimum Gasteiger partial charge on any atom is -0.460 e. The molecule has 4 rings (SSSR count). The van der Waals surface area contributed by atoms with Crippen molar-refractivity contribution < 1.29 is 9.15 Å².